The number of ether oxygens (including phenoxy) is 1. The van der Waals surface area contributed by atoms with Gasteiger partial charge in [0.2, 0.25) is 0 Å². The summed E-state index contributed by atoms with van der Waals surface area (Å²) in [6.45, 7) is 3.94. The number of nitrogens with zero attached hydrogens (tertiary/aromatic N) is 3. The van der Waals surface area contributed by atoms with E-state index in [1.165, 1.54) is 0 Å². The summed E-state index contributed by atoms with van der Waals surface area (Å²) in [7, 11) is 1.58. The van der Waals surface area contributed by atoms with Crippen molar-refractivity contribution in [2.75, 3.05) is 7.11 Å². The Morgan fingerprint density at radius 1 is 1.23 bits per heavy atom. The third-order valence-electron chi connectivity index (χ3n) is 3.85. The second-order valence-corrected chi connectivity index (χ2v) is 5.22. The summed E-state index contributed by atoms with van der Waals surface area (Å²) in [5.74, 6) is 0.644. The lowest BCUT2D eigenvalue weighted by Gasteiger charge is -2.16. The van der Waals surface area contributed by atoms with E-state index < -0.39 is 0 Å². The van der Waals surface area contributed by atoms with Crippen LogP contribution in [-0.4, -0.2) is 21.6 Å². The fourth-order valence-electron chi connectivity index (χ4n) is 2.58. The van der Waals surface area contributed by atoms with E-state index in [-0.39, 0.29) is 11.6 Å². The fraction of sp³-hybridized carbons (Fsp3) is 0.235. The summed E-state index contributed by atoms with van der Waals surface area (Å²) >= 11 is 0. The number of aromatic nitrogens is 3. The average Bonchev–Trinajstić information content (AvgIpc) is 2.55. The molecule has 22 heavy (non-hydrogen) atoms. The summed E-state index contributed by atoms with van der Waals surface area (Å²) in [5, 5.41) is 0.544. The zero-order valence-corrected chi connectivity index (χ0v) is 12.8. The van der Waals surface area contributed by atoms with Gasteiger partial charge in [0.1, 0.15) is 5.75 Å². The molecule has 5 nitrogen and oxygen atoms in total. The second-order valence-electron chi connectivity index (χ2n) is 5.22. The first-order valence-corrected chi connectivity index (χ1v) is 7.08. The van der Waals surface area contributed by atoms with Crippen LogP contribution >= 0.6 is 0 Å². The van der Waals surface area contributed by atoms with Crippen LogP contribution < -0.4 is 10.3 Å². The first kappa shape index (κ1) is 14.3. The predicted octanol–water partition coefficient (Wildman–Crippen LogP) is 2.72. The summed E-state index contributed by atoms with van der Waals surface area (Å²) in [4.78, 5) is 21.5. The minimum Gasteiger partial charge on any atom is -0.497 e. The quantitative estimate of drug-likeness (QED) is 0.745. The Balaban J connectivity index is 2.17. The molecule has 2 aromatic heterocycles. The molecule has 2 heterocycles. The lowest BCUT2D eigenvalue weighted by Crippen LogP contribution is -2.25. The zero-order chi connectivity index (χ0) is 15.7. The van der Waals surface area contributed by atoms with Crippen LogP contribution in [0.5, 0.6) is 5.75 Å². The number of aryl methyl sites for hydroxylation is 1. The Morgan fingerprint density at radius 3 is 2.77 bits per heavy atom. The highest BCUT2D eigenvalue weighted by Crippen LogP contribution is 2.20. The van der Waals surface area contributed by atoms with Crippen LogP contribution in [0.1, 0.15) is 24.2 Å². The van der Waals surface area contributed by atoms with Crippen molar-refractivity contribution in [1.29, 1.82) is 0 Å². The second kappa shape index (κ2) is 5.60. The van der Waals surface area contributed by atoms with Gasteiger partial charge in [-0.25, -0.2) is 4.98 Å². The maximum atomic E-state index is 12.8. The minimum atomic E-state index is -0.184. The third kappa shape index (κ3) is 2.35. The molecule has 0 amide bonds. The SMILES string of the molecule is COc1ccc2ncn(C(C)c3ncccc3C)c(=O)c2c1. The Hall–Kier alpha value is -2.69. The molecule has 112 valence electrons. The van der Waals surface area contributed by atoms with Gasteiger partial charge in [-0.15, -0.1) is 0 Å². The monoisotopic (exact) mass is 295 g/mol. The molecule has 1 aromatic carbocycles. The van der Waals surface area contributed by atoms with Crippen molar-refractivity contribution < 1.29 is 4.74 Å². The summed E-state index contributed by atoms with van der Waals surface area (Å²) in [6.07, 6.45) is 3.32. The van der Waals surface area contributed by atoms with E-state index >= 15 is 0 Å². The molecule has 0 bridgehead atoms. The van der Waals surface area contributed by atoms with Crippen molar-refractivity contribution in [2.45, 2.75) is 19.9 Å². The molecule has 5 heteroatoms. The molecule has 0 aliphatic rings. The molecule has 0 aliphatic carbocycles. The lowest BCUT2D eigenvalue weighted by atomic mass is 10.1. The van der Waals surface area contributed by atoms with Crippen molar-refractivity contribution in [3.05, 3.63) is 64.5 Å². The topological polar surface area (TPSA) is 57.0 Å². The highest BCUT2D eigenvalue weighted by atomic mass is 16.5. The molecule has 3 aromatic rings. The molecule has 3 rings (SSSR count). The number of hydrogen-bond acceptors (Lipinski definition) is 4. The largest absolute Gasteiger partial charge is 0.497 e. The van der Waals surface area contributed by atoms with Crippen LogP contribution in [0, 0.1) is 6.92 Å². The molecular formula is C17H17N3O2. The number of benzene rings is 1. The Kier molecular flexibility index (Phi) is 3.63. The van der Waals surface area contributed by atoms with Crippen molar-refractivity contribution in [3.63, 3.8) is 0 Å². The van der Waals surface area contributed by atoms with Crippen LogP contribution in [0.3, 0.4) is 0 Å². The van der Waals surface area contributed by atoms with Gasteiger partial charge in [-0.2, -0.15) is 0 Å². The van der Waals surface area contributed by atoms with Crippen molar-refractivity contribution >= 4 is 10.9 Å². The van der Waals surface area contributed by atoms with Gasteiger partial charge in [0.25, 0.3) is 5.56 Å². The number of rotatable bonds is 3. The van der Waals surface area contributed by atoms with Crippen molar-refractivity contribution in [2.24, 2.45) is 0 Å². The van der Waals surface area contributed by atoms with Crippen LogP contribution in [-0.2, 0) is 0 Å². The number of hydrogen-bond donors (Lipinski definition) is 0. The van der Waals surface area contributed by atoms with Gasteiger partial charge >= 0.3 is 0 Å². The van der Waals surface area contributed by atoms with Gasteiger partial charge in [0, 0.05) is 6.20 Å². The Labute approximate surface area is 128 Å². The molecule has 0 saturated carbocycles. The van der Waals surface area contributed by atoms with Gasteiger partial charge < -0.3 is 4.74 Å². The summed E-state index contributed by atoms with van der Waals surface area (Å²) in [6, 6.07) is 9.00. The van der Waals surface area contributed by atoms with Crippen LogP contribution in [0.4, 0.5) is 0 Å². The van der Waals surface area contributed by atoms with E-state index in [9.17, 15) is 4.79 Å². The molecule has 0 fully saturated rings. The van der Waals surface area contributed by atoms with Gasteiger partial charge in [-0.1, -0.05) is 6.07 Å². The van der Waals surface area contributed by atoms with Gasteiger partial charge in [-0.05, 0) is 43.7 Å². The third-order valence-corrected chi connectivity index (χ3v) is 3.85. The van der Waals surface area contributed by atoms with Crippen LogP contribution in [0.2, 0.25) is 0 Å². The molecule has 0 spiro atoms. The molecule has 1 atom stereocenters. The molecule has 0 saturated heterocycles. The molecular weight excluding hydrogens is 278 g/mol. The van der Waals surface area contributed by atoms with Crippen molar-refractivity contribution in [3.8, 4) is 5.75 Å². The highest BCUT2D eigenvalue weighted by Gasteiger charge is 2.15. The van der Waals surface area contributed by atoms with Crippen LogP contribution in [0.25, 0.3) is 10.9 Å². The Morgan fingerprint density at radius 2 is 2.05 bits per heavy atom. The summed E-state index contributed by atoms with van der Waals surface area (Å²) < 4.78 is 6.80. The number of methoxy groups -OCH3 is 1. The van der Waals surface area contributed by atoms with E-state index in [0.717, 1.165) is 11.3 Å². The van der Waals surface area contributed by atoms with Gasteiger partial charge in [-0.3, -0.25) is 14.3 Å². The number of fused-ring (bicyclic) bond motifs is 1. The lowest BCUT2D eigenvalue weighted by molar-refractivity contribution is 0.415. The van der Waals surface area contributed by atoms with E-state index in [2.05, 4.69) is 9.97 Å². The molecule has 1 unspecified atom stereocenters. The van der Waals surface area contributed by atoms with Crippen LogP contribution in [0.15, 0.2) is 47.7 Å². The van der Waals surface area contributed by atoms with E-state index in [1.807, 2.05) is 26.0 Å². The Bertz CT molecular complexity index is 886. The average molecular weight is 295 g/mol. The van der Waals surface area contributed by atoms with E-state index in [1.54, 1.807) is 42.4 Å². The maximum absolute atomic E-state index is 12.8. The minimum absolute atomic E-state index is 0.0959. The van der Waals surface area contributed by atoms with E-state index in [0.29, 0.717) is 16.7 Å². The van der Waals surface area contributed by atoms with Gasteiger partial charge in [0.05, 0.1) is 36.1 Å². The highest BCUT2D eigenvalue weighted by molar-refractivity contribution is 5.78. The van der Waals surface area contributed by atoms with Gasteiger partial charge in [0.15, 0.2) is 0 Å². The first-order chi connectivity index (χ1) is 10.6. The summed E-state index contributed by atoms with van der Waals surface area (Å²) in [5.41, 5.74) is 2.48. The standard InChI is InChI=1S/C17H17N3O2/c1-11-5-4-8-18-16(11)12(2)20-10-19-15-7-6-13(22-3)9-14(15)17(20)21/h4-10,12H,1-3H3. The smallest absolute Gasteiger partial charge is 0.261 e. The fourth-order valence-corrected chi connectivity index (χ4v) is 2.58. The van der Waals surface area contributed by atoms with Crippen molar-refractivity contribution in [1.82, 2.24) is 14.5 Å². The van der Waals surface area contributed by atoms with E-state index in [4.69, 9.17) is 4.74 Å². The molecule has 0 aliphatic heterocycles. The predicted molar refractivity (Wildman–Crippen MR) is 85.3 cm³/mol. The normalized spacial score (nSPS) is 12.3. The zero-order valence-electron chi connectivity index (χ0n) is 12.8. The maximum Gasteiger partial charge on any atom is 0.261 e. The molecule has 0 radical (unpaired) electrons. The molecule has 0 N–H and O–H groups in total. The first-order valence-electron chi connectivity index (χ1n) is 7.08. The number of pyridine rings is 1.